The van der Waals surface area contributed by atoms with Crippen molar-refractivity contribution in [2.24, 2.45) is 0 Å². The fraction of sp³-hybridized carbons (Fsp3) is 0.0769. The Hall–Kier alpha value is -3.52. The Kier molecular flexibility index (Phi) is 4.86. The van der Waals surface area contributed by atoms with Gasteiger partial charge in [0, 0.05) is 17.0 Å². The van der Waals surface area contributed by atoms with Crippen molar-refractivity contribution in [3.63, 3.8) is 0 Å². The van der Waals surface area contributed by atoms with E-state index in [1.54, 1.807) is 12.1 Å². The minimum atomic E-state index is -0.160. The minimum Gasteiger partial charge on any atom is -0.508 e. The molecule has 4 aromatic rings. The van der Waals surface area contributed by atoms with Gasteiger partial charge in [0.1, 0.15) is 11.5 Å². The molecule has 0 amide bonds. The van der Waals surface area contributed by atoms with Gasteiger partial charge in [-0.1, -0.05) is 79.7 Å². The fourth-order valence-corrected chi connectivity index (χ4v) is 3.59. The largest absolute Gasteiger partial charge is 0.508 e. The summed E-state index contributed by atoms with van der Waals surface area (Å²) in [5, 5.41) is 21.0. The molecule has 0 atom stereocenters. The average Bonchev–Trinajstić information content (AvgIpc) is 2.75. The van der Waals surface area contributed by atoms with Gasteiger partial charge in [0.25, 0.3) is 0 Å². The molecule has 2 nitrogen and oxygen atoms in total. The van der Waals surface area contributed by atoms with E-state index in [-0.39, 0.29) is 17.4 Å². The van der Waals surface area contributed by atoms with Gasteiger partial charge in [-0.3, -0.25) is 0 Å². The summed E-state index contributed by atoms with van der Waals surface area (Å²) in [5.74, 6) is 0.306. The Morgan fingerprint density at radius 1 is 0.500 bits per heavy atom. The van der Waals surface area contributed by atoms with E-state index in [9.17, 15) is 10.2 Å². The lowest BCUT2D eigenvalue weighted by molar-refractivity contribution is 0.457. The van der Waals surface area contributed by atoms with Crippen LogP contribution in [0.5, 0.6) is 11.5 Å². The van der Waals surface area contributed by atoms with Crippen LogP contribution in [0.3, 0.4) is 0 Å². The molecule has 4 aromatic carbocycles. The number of aromatic hydroxyl groups is 2. The molecule has 0 bridgehead atoms. The zero-order chi connectivity index (χ0) is 19.5. The third kappa shape index (κ3) is 3.49. The maximum Gasteiger partial charge on any atom is 0.119 e. The lowest BCUT2D eigenvalue weighted by Gasteiger charge is -2.18. The summed E-state index contributed by atoms with van der Waals surface area (Å²) >= 11 is 0. The molecule has 0 aliphatic carbocycles. The van der Waals surface area contributed by atoms with E-state index >= 15 is 0 Å². The van der Waals surface area contributed by atoms with Crippen molar-refractivity contribution in [1.82, 2.24) is 0 Å². The number of phenolic OH excluding ortho intramolecular Hbond substituents is 2. The highest BCUT2D eigenvalue weighted by molar-refractivity contribution is 5.69. The molecule has 0 aliphatic heterocycles. The van der Waals surface area contributed by atoms with E-state index in [4.69, 9.17) is 0 Å². The topological polar surface area (TPSA) is 40.5 Å². The molecule has 2 N–H and O–H groups in total. The van der Waals surface area contributed by atoms with Crippen molar-refractivity contribution in [3.8, 4) is 33.8 Å². The number of rotatable bonds is 4. The fourth-order valence-electron chi connectivity index (χ4n) is 3.59. The van der Waals surface area contributed by atoms with Gasteiger partial charge in [0.15, 0.2) is 0 Å². The molecule has 138 valence electrons. The molecule has 2 heteroatoms. The van der Waals surface area contributed by atoms with Crippen LogP contribution >= 0.6 is 0 Å². The molecular weight excluding hydrogens is 344 g/mol. The Balaban J connectivity index is 1.77. The van der Waals surface area contributed by atoms with Crippen LogP contribution in [0, 0.1) is 0 Å². The van der Waals surface area contributed by atoms with E-state index in [1.807, 2.05) is 91.9 Å². The third-order valence-electron chi connectivity index (χ3n) is 5.20. The first kappa shape index (κ1) is 17.9. The molecular formula is C26H22O2. The van der Waals surface area contributed by atoms with Crippen molar-refractivity contribution < 1.29 is 10.2 Å². The van der Waals surface area contributed by atoms with Crippen molar-refractivity contribution in [2.75, 3.05) is 0 Å². The standard InChI is InChI=1S/C26H22O2/c1-18(23-16-21(12-14-25(23)27)19-8-4-2-5-9-19)24-17-22(13-15-26(24)28)20-10-6-3-7-11-20/h2-18,27-28H,1H3. The van der Waals surface area contributed by atoms with E-state index in [0.29, 0.717) is 0 Å². The van der Waals surface area contributed by atoms with Gasteiger partial charge in [-0.25, -0.2) is 0 Å². The van der Waals surface area contributed by atoms with Crippen LogP contribution < -0.4 is 0 Å². The number of benzene rings is 4. The number of hydrogen-bond acceptors (Lipinski definition) is 2. The predicted molar refractivity (Wildman–Crippen MR) is 115 cm³/mol. The van der Waals surface area contributed by atoms with Crippen LogP contribution in [0.2, 0.25) is 0 Å². The van der Waals surface area contributed by atoms with Crippen LogP contribution in [0.15, 0.2) is 97.1 Å². The lowest BCUT2D eigenvalue weighted by Crippen LogP contribution is -1.98. The quantitative estimate of drug-likeness (QED) is 0.428. The summed E-state index contributed by atoms with van der Waals surface area (Å²) in [6.45, 7) is 2.01. The number of hydrogen-bond donors (Lipinski definition) is 2. The highest BCUT2D eigenvalue weighted by Gasteiger charge is 2.18. The second kappa shape index (κ2) is 7.61. The van der Waals surface area contributed by atoms with Crippen LogP contribution in [0.25, 0.3) is 22.3 Å². The third-order valence-corrected chi connectivity index (χ3v) is 5.20. The Bertz CT molecular complexity index is 997. The van der Waals surface area contributed by atoms with Crippen molar-refractivity contribution >= 4 is 0 Å². The smallest absolute Gasteiger partial charge is 0.119 e. The first-order chi connectivity index (χ1) is 13.6. The summed E-state index contributed by atoms with van der Waals surface area (Å²) in [6, 6.07) is 31.5. The van der Waals surface area contributed by atoms with Crippen molar-refractivity contribution in [1.29, 1.82) is 0 Å². The summed E-state index contributed by atoms with van der Waals surface area (Å²) in [6.07, 6.45) is 0. The molecule has 0 unspecified atom stereocenters. The SMILES string of the molecule is CC(c1cc(-c2ccccc2)ccc1O)c1cc(-c2ccccc2)ccc1O. The molecule has 0 aromatic heterocycles. The van der Waals surface area contributed by atoms with E-state index in [2.05, 4.69) is 0 Å². The zero-order valence-electron chi connectivity index (χ0n) is 15.7. The molecule has 28 heavy (non-hydrogen) atoms. The summed E-state index contributed by atoms with van der Waals surface area (Å²) in [5.41, 5.74) is 5.86. The molecule has 0 fully saturated rings. The Morgan fingerprint density at radius 2 is 0.893 bits per heavy atom. The minimum absolute atomic E-state index is 0.160. The van der Waals surface area contributed by atoms with Gasteiger partial charge in [-0.2, -0.15) is 0 Å². The van der Waals surface area contributed by atoms with Crippen molar-refractivity contribution in [2.45, 2.75) is 12.8 Å². The summed E-state index contributed by atoms with van der Waals surface area (Å²) < 4.78 is 0. The molecule has 0 aliphatic rings. The normalized spacial score (nSPS) is 10.9. The monoisotopic (exact) mass is 366 g/mol. The molecule has 0 spiro atoms. The van der Waals surface area contributed by atoms with Crippen molar-refractivity contribution in [3.05, 3.63) is 108 Å². The maximum absolute atomic E-state index is 10.5. The van der Waals surface area contributed by atoms with Gasteiger partial charge >= 0.3 is 0 Å². The van der Waals surface area contributed by atoms with Gasteiger partial charge in [-0.05, 0) is 46.5 Å². The molecule has 4 rings (SSSR count). The Labute approximate surface area is 165 Å². The lowest BCUT2D eigenvalue weighted by atomic mass is 9.88. The average molecular weight is 366 g/mol. The van der Waals surface area contributed by atoms with Gasteiger partial charge < -0.3 is 10.2 Å². The second-order valence-electron chi connectivity index (χ2n) is 7.00. The van der Waals surface area contributed by atoms with E-state index in [0.717, 1.165) is 33.4 Å². The van der Waals surface area contributed by atoms with Crippen LogP contribution in [-0.4, -0.2) is 10.2 Å². The molecule has 0 heterocycles. The highest BCUT2D eigenvalue weighted by Crippen LogP contribution is 2.39. The van der Waals surface area contributed by atoms with Crippen LogP contribution in [-0.2, 0) is 0 Å². The highest BCUT2D eigenvalue weighted by atomic mass is 16.3. The van der Waals surface area contributed by atoms with E-state index < -0.39 is 0 Å². The molecule has 0 saturated carbocycles. The number of phenols is 2. The molecule has 0 radical (unpaired) electrons. The second-order valence-corrected chi connectivity index (χ2v) is 7.00. The summed E-state index contributed by atoms with van der Waals surface area (Å²) in [4.78, 5) is 0. The first-order valence-corrected chi connectivity index (χ1v) is 9.40. The maximum atomic E-state index is 10.5. The Morgan fingerprint density at radius 3 is 1.29 bits per heavy atom. The summed E-state index contributed by atoms with van der Waals surface area (Å²) in [7, 11) is 0. The van der Waals surface area contributed by atoms with Crippen LogP contribution in [0.1, 0.15) is 24.0 Å². The predicted octanol–water partition coefficient (Wildman–Crippen LogP) is 6.58. The first-order valence-electron chi connectivity index (χ1n) is 9.40. The van der Waals surface area contributed by atoms with Gasteiger partial charge in [-0.15, -0.1) is 0 Å². The van der Waals surface area contributed by atoms with Crippen LogP contribution in [0.4, 0.5) is 0 Å². The zero-order valence-corrected chi connectivity index (χ0v) is 15.7. The van der Waals surface area contributed by atoms with E-state index in [1.165, 1.54) is 0 Å². The van der Waals surface area contributed by atoms with Gasteiger partial charge in [0.2, 0.25) is 0 Å². The molecule has 0 saturated heterocycles. The van der Waals surface area contributed by atoms with Gasteiger partial charge in [0.05, 0.1) is 0 Å².